The van der Waals surface area contributed by atoms with Crippen LogP contribution < -0.4 is 9.47 Å². The van der Waals surface area contributed by atoms with E-state index in [1.807, 2.05) is 0 Å². The van der Waals surface area contributed by atoms with Gasteiger partial charge in [-0.2, -0.15) is 0 Å². The number of nitrogens with zero attached hydrogens (tertiary/aromatic N) is 1. The molecule has 4 heteroatoms. The molecule has 2 bridgehead atoms. The van der Waals surface area contributed by atoms with E-state index in [1.54, 1.807) is 7.11 Å². The molecule has 2 heterocycles. The maximum absolute atomic E-state index is 6.49. The number of piperidine rings is 1. The second kappa shape index (κ2) is 4.78. The second-order valence-electron chi connectivity index (χ2n) is 7.32. The van der Waals surface area contributed by atoms with Gasteiger partial charge in [-0.15, -0.1) is 12.4 Å². The van der Waals surface area contributed by atoms with Crippen molar-refractivity contribution >= 4 is 12.4 Å². The van der Waals surface area contributed by atoms with Crippen molar-refractivity contribution in [2.75, 3.05) is 20.7 Å². The first-order chi connectivity index (χ1) is 10.3. The predicted molar refractivity (Wildman–Crippen MR) is 88.4 cm³/mol. The normalized spacial score (nSPS) is 37.8. The molecular formula is C18H24ClNO2. The van der Waals surface area contributed by atoms with Crippen LogP contribution in [0.1, 0.15) is 36.8 Å². The number of hydrogen-bond donors (Lipinski definition) is 0. The summed E-state index contributed by atoms with van der Waals surface area (Å²) in [4.78, 5) is 2.60. The molecule has 1 aromatic carbocycles. The fourth-order valence-corrected chi connectivity index (χ4v) is 5.86. The number of methoxy groups -OCH3 is 1. The third-order valence-corrected chi connectivity index (χ3v) is 6.71. The Balaban J connectivity index is 0.00000125. The first-order valence-electron chi connectivity index (χ1n) is 8.33. The maximum atomic E-state index is 6.49. The van der Waals surface area contributed by atoms with Crippen molar-refractivity contribution in [3.8, 4) is 11.5 Å². The maximum Gasteiger partial charge on any atom is 0.165 e. The molecule has 2 aliphatic carbocycles. The van der Waals surface area contributed by atoms with E-state index in [0.29, 0.717) is 12.1 Å². The SMILES string of the molecule is COc1ccc2c3c1O[C@H]1CCC[C@H]4[C@@H](C2)N(C)CC[C@]314.Cl. The quantitative estimate of drug-likeness (QED) is 0.793. The van der Waals surface area contributed by atoms with E-state index in [9.17, 15) is 0 Å². The van der Waals surface area contributed by atoms with Crippen molar-refractivity contribution in [2.24, 2.45) is 5.92 Å². The highest BCUT2D eigenvalue weighted by Crippen LogP contribution is 2.63. The highest BCUT2D eigenvalue weighted by Gasteiger charge is 2.62. The zero-order chi connectivity index (χ0) is 14.2. The van der Waals surface area contributed by atoms with Gasteiger partial charge in [0, 0.05) is 17.0 Å². The highest BCUT2D eigenvalue weighted by atomic mass is 35.5. The van der Waals surface area contributed by atoms with E-state index in [-0.39, 0.29) is 17.8 Å². The van der Waals surface area contributed by atoms with Gasteiger partial charge in [-0.3, -0.25) is 0 Å². The smallest absolute Gasteiger partial charge is 0.165 e. The average molecular weight is 322 g/mol. The summed E-state index contributed by atoms with van der Waals surface area (Å²) >= 11 is 0. The summed E-state index contributed by atoms with van der Waals surface area (Å²) in [5.74, 6) is 2.79. The monoisotopic (exact) mass is 321 g/mol. The standard InChI is InChI=1S/C18H23NO2.ClH/c1-19-9-8-18-12-4-3-5-15(18)21-17-14(20-2)7-6-11(16(17)18)10-13(12)19;/h6-7,12-13,15H,3-5,8-10H2,1-2H3;1H/t12-,13+,15-,18+;/m0./s1. The summed E-state index contributed by atoms with van der Waals surface area (Å²) in [5, 5.41) is 0. The zero-order valence-corrected chi connectivity index (χ0v) is 14.1. The number of likely N-dealkylation sites (N-methyl/N-ethyl adjacent to an activating group) is 1. The minimum atomic E-state index is 0. The van der Waals surface area contributed by atoms with Gasteiger partial charge >= 0.3 is 0 Å². The van der Waals surface area contributed by atoms with E-state index in [1.165, 1.54) is 49.8 Å². The summed E-state index contributed by atoms with van der Waals surface area (Å²) < 4.78 is 12.1. The van der Waals surface area contributed by atoms with E-state index >= 15 is 0 Å². The molecule has 0 amide bonds. The summed E-state index contributed by atoms with van der Waals surface area (Å²) in [6.07, 6.45) is 6.72. The third kappa shape index (κ3) is 1.52. The second-order valence-corrected chi connectivity index (χ2v) is 7.32. The molecule has 2 fully saturated rings. The summed E-state index contributed by atoms with van der Waals surface area (Å²) in [6, 6.07) is 5.11. The fourth-order valence-electron chi connectivity index (χ4n) is 5.86. The van der Waals surface area contributed by atoms with Crippen LogP contribution in [-0.4, -0.2) is 37.7 Å². The Hall–Kier alpha value is -0.930. The molecule has 1 saturated heterocycles. The van der Waals surface area contributed by atoms with Crippen molar-refractivity contribution in [1.29, 1.82) is 0 Å². The van der Waals surface area contributed by atoms with Crippen molar-refractivity contribution in [3.63, 3.8) is 0 Å². The Kier molecular flexibility index (Phi) is 3.18. The lowest BCUT2D eigenvalue weighted by Crippen LogP contribution is -2.63. The number of ether oxygens (including phenoxy) is 2. The van der Waals surface area contributed by atoms with Gasteiger partial charge in [-0.1, -0.05) is 6.07 Å². The minimum absolute atomic E-state index is 0. The van der Waals surface area contributed by atoms with Crippen LogP contribution in [0, 0.1) is 5.92 Å². The summed E-state index contributed by atoms with van der Waals surface area (Å²) in [5.41, 5.74) is 3.33. The summed E-state index contributed by atoms with van der Waals surface area (Å²) in [6.45, 7) is 1.21. The molecule has 4 atom stereocenters. The molecule has 1 saturated carbocycles. The van der Waals surface area contributed by atoms with E-state index < -0.39 is 0 Å². The summed E-state index contributed by atoms with van der Waals surface area (Å²) in [7, 11) is 4.07. The number of likely N-dealkylation sites (tertiary alicyclic amines) is 1. The van der Waals surface area contributed by atoms with Crippen molar-refractivity contribution < 1.29 is 9.47 Å². The highest BCUT2D eigenvalue weighted by molar-refractivity contribution is 5.85. The molecule has 22 heavy (non-hydrogen) atoms. The molecule has 0 unspecified atom stereocenters. The first kappa shape index (κ1) is 14.6. The van der Waals surface area contributed by atoms with E-state index in [0.717, 1.165) is 17.4 Å². The lowest BCUT2D eigenvalue weighted by Gasteiger charge is -2.57. The lowest BCUT2D eigenvalue weighted by molar-refractivity contribution is -0.0426. The van der Waals surface area contributed by atoms with Crippen LogP contribution in [0.2, 0.25) is 0 Å². The van der Waals surface area contributed by atoms with Crippen LogP contribution >= 0.6 is 12.4 Å². The molecule has 1 aromatic rings. The van der Waals surface area contributed by atoms with Gasteiger partial charge in [0.2, 0.25) is 0 Å². The first-order valence-corrected chi connectivity index (χ1v) is 8.33. The minimum Gasteiger partial charge on any atom is -0.493 e. The zero-order valence-electron chi connectivity index (χ0n) is 13.3. The van der Waals surface area contributed by atoms with Crippen LogP contribution in [0.3, 0.4) is 0 Å². The topological polar surface area (TPSA) is 21.7 Å². The van der Waals surface area contributed by atoms with Gasteiger partial charge < -0.3 is 14.4 Å². The molecule has 0 aromatic heterocycles. The van der Waals surface area contributed by atoms with Gasteiger partial charge in [-0.05, 0) is 63.2 Å². The van der Waals surface area contributed by atoms with Crippen LogP contribution in [0.4, 0.5) is 0 Å². The molecule has 0 radical (unpaired) electrons. The molecule has 0 N–H and O–H groups in total. The van der Waals surface area contributed by atoms with E-state index in [4.69, 9.17) is 9.47 Å². The Morgan fingerprint density at radius 2 is 2.18 bits per heavy atom. The van der Waals surface area contributed by atoms with Gasteiger partial charge in [-0.25, -0.2) is 0 Å². The fraction of sp³-hybridized carbons (Fsp3) is 0.667. The molecule has 120 valence electrons. The van der Waals surface area contributed by atoms with Crippen molar-refractivity contribution in [3.05, 3.63) is 23.3 Å². The van der Waals surface area contributed by atoms with Crippen LogP contribution in [0.15, 0.2) is 12.1 Å². The lowest BCUT2D eigenvalue weighted by atomic mass is 9.52. The Labute approximate surface area is 138 Å². The van der Waals surface area contributed by atoms with Gasteiger partial charge in [0.25, 0.3) is 0 Å². The van der Waals surface area contributed by atoms with Crippen molar-refractivity contribution in [2.45, 2.75) is 49.7 Å². The average Bonchev–Trinajstić information content (AvgIpc) is 2.84. The Morgan fingerprint density at radius 3 is 3.00 bits per heavy atom. The molecule has 2 aliphatic heterocycles. The predicted octanol–water partition coefficient (Wildman–Crippen LogP) is 3.18. The number of halogens is 1. The van der Waals surface area contributed by atoms with Gasteiger partial charge in [0.05, 0.1) is 7.11 Å². The van der Waals surface area contributed by atoms with Gasteiger partial charge in [0.15, 0.2) is 11.5 Å². The molecule has 5 rings (SSSR count). The van der Waals surface area contributed by atoms with Crippen LogP contribution in [0.5, 0.6) is 11.5 Å². The number of hydrogen-bond acceptors (Lipinski definition) is 3. The van der Waals surface area contributed by atoms with Crippen molar-refractivity contribution in [1.82, 2.24) is 4.90 Å². The molecule has 3 nitrogen and oxygen atoms in total. The molecular weight excluding hydrogens is 298 g/mol. The molecule has 4 aliphatic rings. The van der Waals surface area contributed by atoms with E-state index in [2.05, 4.69) is 24.1 Å². The van der Waals surface area contributed by atoms with Crippen LogP contribution in [-0.2, 0) is 11.8 Å². The number of benzene rings is 1. The third-order valence-electron chi connectivity index (χ3n) is 6.71. The molecule has 1 spiro atoms. The van der Waals surface area contributed by atoms with Crippen LogP contribution in [0.25, 0.3) is 0 Å². The van der Waals surface area contributed by atoms with Gasteiger partial charge in [0.1, 0.15) is 6.10 Å². The Morgan fingerprint density at radius 1 is 1.32 bits per heavy atom. The Bertz CT molecular complexity index is 619. The largest absolute Gasteiger partial charge is 0.493 e. The number of rotatable bonds is 1.